The van der Waals surface area contributed by atoms with Crippen molar-refractivity contribution in [2.75, 3.05) is 85.0 Å². The van der Waals surface area contributed by atoms with E-state index in [-0.39, 0.29) is 5.91 Å². The molecule has 5 rings (SSSR count). The molecule has 0 radical (unpaired) electrons. The second kappa shape index (κ2) is 10.7. The van der Waals surface area contributed by atoms with Crippen LogP contribution in [0.5, 0.6) is 0 Å². The van der Waals surface area contributed by atoms with Crippen molar-refractivity contribution < 1.29 is 9.53 Å². The highest BCUT2D eigenvalue weighted by molar-refractivity contribution is 5.80. The number of methoxy groups -OCH3 is 1. The number of amides is 1. The molecule has 0 spiro atoms. The number of hydrogen-bond donors (Lipinski definition) is 0. The van der Waals surface area contributed by atoms with Crippen LogP contribution in [0.25, 0.3) is 0 Å². The molecule has 3 heterocycles. The third kappa shape index (κ3) is 5.42. The third-order valence-electron chi connectivity index (χ3n) is 8.29. The van der Waals surface area contributed by atoms with Crippen LogP contribution >= 0.6 is 0 Å². The van der Waals surface area contributed by atoms with Gasteiger partial charge >= 0.3 is 0 Å². The van der Waals surface area contributed by atoms with Gasteiger partial charge in [0.05, 0.1) is 19.3 Å². The van der Waals surface area contributed by atoms with Gasteiger partial charge < -0.3 is 24.3 Å². The van der Waals surface area contributed by atoms with Crippen molar-refractivity contribution in [3.8, 4) is 0 Å². The van der Waals surface area contributed by atoms with Crippen LogP contribution in [-0.2, 0) is 16.0 Å². The number of likely N-dealkylation sites (N-methyl/N-ethyl adjacent to an activating group) is 2. The number of carbonyl (C=O) groups excluding carboxylic acids is 1. The van der Waals surface area contributed by atoms with E-state index in [2.05, 4.69) is 64.2 Å². The highest BCUT2D eigenvalue weighted by atomic mass is 16.5. The summed E-state index contributed by atoms with van der Waals surface area (Å²) in [7, 11) is 6.17. The van der Waals surface area contributed by atoms with Gasteiger partial charge in [-0.2, -0.15) is 0 Å². The van der Waals surface area contributed by atoms with Crippen molar-refractivity contribution in [2.45, 2.75) is 31.7 Å². The second-order valence-electron chi connectivity index (χ2n) is 10.6. The molecule has 1 amide bonds. The Morgan fingerprint density at radius 2 is 1.54 bits per heavy atom. The van der Waals surface area contributed by atoms with Crippen molar-refractivity contribution in [3.63, 3.8) is 0 Å². The standard InChI is InChI=1S/C28H41N5O2/c1-29-12-16-31(17-13-29)23-6-4-22(5-7-23)20-28(34)33-11-10-24-25(21-33)26(8-9-27(24)35-3)32-18-14-30(2)15-19-32/h4-7,21,26H,8-20H2,1-3H3. The minimum atomic E-state index is 0.186. The molecule has 190 valence electrons. The monoisotopic (exact) mass is 479 g/mol. The van der Waals surface area contributed by atoms with E-state index in [0.717, 1.165) is 89.5 Å². The zero-order valence-corrected chi connectivity index (χ0v) is 21.7. The van der Waals surface area contributed by atoms with Gasteiger partial charge in [-0.15, -0.1) is 0 Å². The highest BCUT2D eigenvalue weighted by Gasteiger charge is 2.35. The van der Waals surface area contributed by atoms with E-state index < -0.39 is 0 Å². The van der Waals surface area contributed by atoms with E-state index in [9.17, 15) is 4.79 Å². The Morgan fingerprint density at radius 1 is 0.886 bits per heavy atom. The number of benzene rings is 1. The van der Waals surface area contributed by atoms with Gasteiger partial charge in [-0.05, 0) is 55.8 Å². The number of piperazine rings is 2. The molecule has 1 aromatic rings. The normalized spacial score (nSPS) is 24.9. The molecule has 4 aliphatic rings. The number of anilines is 1. The maximum atomic E-state index is 13.3. The smallest absolute Gasteiger partial charge is 0.230 e. The Hall–Kier alpha value is -2.35. The Balaban J connectivity index is 1.28. The maximum Gasteiger partial charge on any atom is 0.230 e. The molecule has 0 bridgehead atoms. The average Bonchev–Trinajstić information content (AvgIpc) is 2.89. The van der Waals surface area contributed by atoms with Crippen LogP contribution < -0.4 is 4.90 Å². The van der Waals surface area contributed by atoms with E-state index in [4.69, 9.17) is 4.74 Å². The SMILES string of the molecule is COC1=C2CCN(C(=O)Cc3ccc(N4CCN(C)CC4)cc3)C=C2C(N2CCN(C)CC2)CC1. The minimum absolute atomic E-state index is 0.186. The fourth-order valence-corrected chi connectivity index (χ4v) is 5.95. The second-order valence-corrected chi connectivity index (χ2v) is 10.6. The first kappa shape index (κ1) is 24.3. The molecule has 1 unspecified atom stereocenters. The number of rotatable bonds is 5. The Bertz CT molecular complexity index is 956. The van der Waals surface area contributed by atoms with E-state index in [1.54, 1.807) is 7.11 Å². The molecule has 1 atom stereocenters. The summed E-state index contributed by atoms with van der Waals surface area (Å²) in [6, 6.07) is 9.00. The van der Waals surface area contributed by atoms with E-state index >= 15 is 0 Å². The average molecular weight is 480 g/mol. The van der Waals surface area contributed by atoms with Crippen LogP contribution in [0.2, 0.25) is 0 Å². The van der Waals surface area contributed by atoms with Gasteiger partial charge in [0.15, 0.2) is 0 Å². The van der Waals surface area contributed by atoms with Crippen LogP contribution in [0, 0.1) is 0 Å². The Kier molecular flexibility index (Phi) is 7.46. The van der Waals surface area contributed by atoms with E-state index in [1.165, 1.54) is 16.8 Å². The summed E-state index contributed by atoms with van der Waals surface area (Å²) in [5, 5.41) is 0. The van der Waals surface area contributed by atoms with Crippen molar-refractivity contribution in [2.24, 2.45) is 0 Å². The summed E-state index contributed by atoms with van der Waals surface area (Å²) >= 11 is 0. The molecule has 2 saturated heterocycles. The van der Waals surface area contributed by atoms with Crippen LogP contribution in [0.1, 0.15) is 24.8 Å². The van der Waals surface area contributed by atoms with Gasteiger partial charge in [-0.25, -0.2) is 0 Å². The summed E-state index contributed by atoms with van der Waals surface area (Å²) in [5.41, 5.74) is 4.99. The summed E-state index contributed by atoms with van der Waals surface area (Å²) in [5.74, 6) is 1.30. The van der Waals surface area contributed by atoms with Gasteiger partial charge in [0, 0.05) is 83.3 Å². The van der Waals surface area contributed by atoms with Crippen LogP contribution in [0.15, 0.2) is 47.4 Å². The zero-order valence-electron chi connectivity index (χ0n) is 21.7. The Labute approximate surface area is 210 Å². The molecule has 0 saturated carbocycles. The van der Waals surface area contributed by atoms with E-state index in [1.807, 2.05) is 4.90 Å². The first-order valence-corrected chi connectivity index (χ1v) is 13.2. The summed E-state index contributed by atoms with van der Waals surface area (Å²) in [6.45, 7) is 9.43. The largest absolute Gasteiger partial charge is 0.501 e. The van der Waals surface area contributed by atoms with Crippen LogP contribution in [0.4, 0.5) is 5.69 Å². The molecule has 0 N–H and O–H groups in total. The van der Waals surface area contributed by atoms with Crippen molar-refractivity contribution >= 4 is 11.6 Å². The molecule has 35 heavy (non-hydrogen) atoms. The van der Waals surface area contributed by atoms with Crippen molar-refractivity contribution in [1.29, 1.82) is 0 Å². The Morgan fingerprint density at radius 3 is 2.20 bits per heavy atom. The molecular weight excluding hydrogens is 438 g/mol. The molecule has 2 fully saturated rings. The number of hydrogen-bond acceptors (Lipinski definition) is 6. The van der Waals surface area contributed by atoms with Gasteiger partial charge in [0.25, 0.3) is 0 Å². The van der Waals surface area contributed by atoms with Gasteiger partial charge in [0.1, 0.15) is 0 Å². The zero-order chi connectivity index (χ0) is 24.4. The number of carbonyl (C=O) groups is 1. The van der Waals surface area contributed by atoms with E-state index in [0.29, 0.717) is 12.5 Å². The summed E-state index contributed by atoms with van der Waals surface area (Å²) < 4.78 is 5.77. The number of nitrogens with zero attached hydrogens (tertiary/aromatic N) is 5. The fraction of sp³-hybridized carbons (Fsp3) is 0.607. The summed E-state index contributed by atoms with van der Waals surface area (Å²) in [4.78, 5) is 25.1. The summed E-state index contributed by atoms with van der Waals surface area (Å²) in [6.07, 6.45) is 5.54. The number of allylic oxidation sites excluding steroid dienone is 1. The lowest BCUT2D eigenvalue weighted by Gasteiger charge is -2.43. The quantitative estimate of drug-likeness (QED) is 0.646. The lowest BCUT2D eigenvalue weighted by Crippen LogP contribution is -2.51. The van der Waals surface area contributed by atoms with Crippen LogP contribution in [-0.4, -0.2) is 112 Å². The molecule has 1 aliphatic carbocycles. The first-order chi connectivity index (χ1) is 17.0. The minimum Gasteiger partial charge on any atom is -0.501 e. The first-order valence-electron chi connectivity index (χ1n) is 13.2. The lowest BCUT2D eigenvalue weighted by molar-refractivity contribution is -0.128. The predicted molar refractivity (Wildman–Crippen MR) is 140 cm³/mol. The number of fused-ring (bicyclic) bond motifs is 1. The van der Waals surface area contributed by atoms with Crippen molar-refractivity contribution in [1.82, 2.24) is 19.6 Å². The fourth-order valence-electron chi connectivity index (χ4n) is 5.95. The number of ether oxygens (including phenoxy) is 1. The highest BCUT2D eigenvalue weighted by Crippen LogP contribution is 2.38. The molecule has 7 heteroatoms. The molecule has 7 nitrogen and oxygen atoms in total. The molecule has 3 aliphatic heterocycles. The van der Waals surface area contributed by atoms with Gasteiger partial charge in [-0.3, -0.25) is 9.69 Å². The van der Waals surface area contributed by atoms with Gasteiger partial charge in [0.2, 0.25) is 5.91 Å². The molecular formula is C28H41N5O2. The maximum absolute atomic E-state index is 13.3. The van der Waals surface area contributed by atoms with Crippen molar-refractivity contribution in [3.05, 3.63) is 52.9 Å². The molecule has 0 aromatic heterocycles. The van der Waals surface area contributed by atoms with Gasteiger partial charge in [-0.1, -0.05) is 12.1 Å². The lowest BCUT2D eigenvalue weighted by atomic mass is 9.83. The molecule has 1 aromatic carbocycles. The van der Waals surface area contributed by atoms with Crippen LogP contribution in [0.3, 0.4) is 0 Å². The predicted octanol–water partition coefficient (Wildman–Crippen LogP) is 2.41. The third-order valence-corrected chi connectivity index (χ3v) is 8.29. The topological polar surface area (TPSA) is 42.5 Å².